The van der Waals surface area contributed by atoms with Crippen molar-refractivity contribution in [1.82, 2.24) is 5.32 Å². The predicted molar refractivity (Wildman–Crippen MR) is 67.7 cm³/mol. The van der Waals surface area contributed by atoms with E-state index in [0.717, 1.165) is 0 Å². The molecule has 0 saturated carbocycles. The predicted octanol–water partition coefficient (Wildman–Crippen LogP) is 1.05. The van der Waals surface area contributed by atoms with Crippen molar-refractivity contribution in [2.45, 2.75) is 13.3 Å². The van der Waals surface area contributed by atoms with Gasteiger partial charge in [0, 0.05) is 31.6 Å². The average Bonchev–Trinajstić information content (AvgIpc) is 2.27. The normalized spacial score (nSPS) is 9.17. The molecule has 0 aliphatic carbocycles. The van der Waals surface area contributed by atoms with Gasteiger partial charge in [-0.15, -0.1) is 0 Å². The summed E-state index contributed by atoms with van der Waals surface area (Å²) in [4.78, 5) is 20.8. The molecular formula is C12H13N3O3. The number of nitrogens with one attached hydrogen (secondary N) is 1. The number of nitro groups is 1. The van der Waals surface area contributed by atoms with Gasteiger partial charge in [-0.1, -0.05) is 11.8 Å². The first-order chi connectivity index (χ1) is 8.50. The van der Waals surface area contributed by atoms with E-state index in [1.807, 2.05) is 0 Å². The Morgan fingerprint density at radius 3 is 2.89 bits per heavy atom. The van der Waals surface area contributed by atoms with Crippen LogP contribution in [0.5, 0.6) is 0 Å². The van der Waals surface area contributed by atoms with E-state index in [9.17, 15) is 14.9 Å². The SMILES string of the molecule is CC(=O)NCCC#Cc1cc(N)ccc1[N+](=O)[O-]. The van der Waals surface area contributed by atoms with E-state index >= 15 is 0 Å². The Morgan fingerprint density at radius 1 is 1.56 bits per heavy atom. The van der Waals surface area contributed by atoms with E-state index in [0.29, 0.717) is 18.7 Å². The molecule has 0 unspecified atom stereocenters. The fourth-order valence-corrected chi connectivity index (χ4v) is 1.27. The van der Waals surface area contributed by atoms with Gasteiger partial charge in [-0.3, -0.25) is 14.9 Å². The highest BCUT2D eigenvalue weighted by molar-refractivity contribution is 5.72. The third kappa shape index (κ3) is 4.14. The van der Waals surface area contributed by atoms with Crippen LogP contribution in [-0.4, -0.2) is 17.4 Å². The molecule has 0 fully saturated rings. The number of nitrogen functional groups attached to an aromatic ring is 1. The number of nitrogens with zero attached hydrogens (tertiary/aromatic N) is 1. The van der Waals surface area contributed by atoms with Gasteiger partial charge >= 0.3 is 0 Å². The van der Waals surface area contributed by atoms with E-state index < -0.39 is 4.92 Å². The molecule has 0 saturated heterocycles. The van der Waals surface area contributed by atoms with Crippen LogP contribution in [0.25, 0.3) is 0 Å². The first-order valence-corrected chi connectivity index (χ1v) is 5.28. The number of carbonyl (C=O) groups excluding carboxylic acids is 1. The highest BCUT2D eigenvalue weighted by Gasteiger charge is 2.11. The highest BCUT2D eigenvalue weighted by Crippen LogP contribution is 2.19. The van der Waals surface area contributed by atoms with Gasteiger partial charge in [0.2, 0.25) is 5.91 Å². The van der Waals surface area contributed by atoms with Gasteiger partial charge in [-0.2, -0.15) is 0 Å². The molecule has 0 spiro atoms. The Kier molecular flexibility index (Phi) is 4.69. The molecule has 3 N–H and O–H groups in total. The van der Waals surface area contributed by atoms with E-state index in [1.54, 1.807) is 0 Å². The summed E-state index contributed by atoms with van der Waals surface area (Å²) >= 11 is 0. The minimum Gasteiger partial charge on any atom is -0.399 e. The molecule has 0 atom stereocenters. The molecular weight excluding hydrogens is 234 g/mol. The van der Waals surface area contributed by atoms with Crippen molar-refractivity contribution in [3.8, 4) is 11.8 Å². The first-order valence-electron chi connectivity index (χ1n) is 5.28. The van der Waals surface area contributed by atoms with Crippen LogP contribution >= 0.6 is 0 Å². The van der Waals surface area contributed by atoms with Crippen molar-refractivity contribution < 1.29 is 9.72 Å². The van der Waals surface area contributed by atoms with Crippen molar-refractivity contribution in [3.63, 3.8) is 0 Å². The Hall–Kier alpha value is -2.55. The highest BCUT2D eigenvalue weighted by atomic mass is 16.6. The number of hydrogen-bond acceptors (Lipinski definition) is 4. The van der Waals surface area contributed by atoms with Crippen molar-refractivity contribution >= 4 is 17.3 Å². The zero-order valence-corrected chi connectivity index (χ0v) is 9.90. The molecule has 0 aromatic heterocycles. The van der Waals surface area contributed by atoms with E-state index in [2.05, 4.69) is 17.2 Å². The number of carbonyl (C=O) groups is 1. The van der Waals surface area contributed by atoms with Crippen LogP contribution in [-0.2, 0) is 4.79 Å². The molecule has 1 aromatic carbocycles. The molecule has 1 aromatic rings. The second-order valence-corrected chi connectivity index (χ2v) is 3.57. The van der Waals surface area contributed by atoms with Crippen LogP contribution in [0.4, 0.5) is 11.4 Å². The lowest BCUT2D eigenvalue weighted by atomic mass is 10.1. The van der Waals surface area contributed by atoms with Crippen molar-refractivity contribution in [2.75, 3.05) is 12.3 Å². The molecule has 1 rings (SSSR count). The number of hydrogen-bond donors (Lipinski definition) is 2. The molecule has 1 amide bonds. The van der Waals surface area contributed by atoms with E-state index in [-0.39, 0.29) is 17.2 Å². The standard InChI is InChI=1S/C12H13N3O3/c1-9(16)14-7-3-2-4-10-8-11(13)5-6-12(10)15(17)18/h5-6,8H,3,7,13H2,1H3,(H,14,16). The molecule has 6 nitrogen and oxygen atoms in total. The van der Waals surface area contributed by atoms with Crippen molar-refractivity contribution in [2.24, 2.45) is 0 Å². The van der Waals surface area contributed by atoms with Crippen LogP contribution < -0.4 is 11.1 Å². The van der Waals surface area contributed by atoms with Crippen molar-refractivity contribution in [1.29, 1.82) is 0 Å². The maximum absolute atomic E-state index is 10.8. The largest absolute Gasteiger partial charge is 0.399 e. The average molecular weight is 247 g/mol. The Labute approximate surface area is 104 Å². The number of benzene rings is 1. The van der Waals surface area contributed by atoms with E-state index in [1.165, 1.54) is 25.1 Å². The van der Waals surface area contributed by atoms with Gasteiger partial charge < -0.3 is 11.1 Å². The Morgan fingerprint density at radius 2 is 2.28 bits per heavy atom. The molecule has 0 bridgehead atoms. The molecule has 18 heavy (non-hydrogen) atoms. The lowest BCUT2D eigenvalue weighted by molar-refractivity contribution is -0.385. The molecule has 6 heteroatoms. The number of nitro benzene ring substituents is 1. The van der Waals surface area contributed by atoms with Gasteiger partial charge in [0.05, 0.1) is 4.92 Å². The minimum absolute atomic E-state index is 0.0729. The lowest BCUT2D eigenvalue weighted by Gasteiger charge is -1.97. The van der Waals surface area contributed by atoms with Gasteiger partial charge in [-0.05, 0) is 12.1 Å². The summed E-state index contributed by atoms with van der Waals surface area (Å²) in [5.74, 6) is 5.31. The maximum atomic E-state index is 10.8. The van der Waals surface area contributed by atoms with Gasteiger partial charge in [0.25, 0.3) is 5.69 Å². The van der Waals surface area contributed by atoms with E-state index in [4.69, 9.17) is 5.73 Å². The maximum Gasteiger partial charge on any atom is 0.285 e. The minimum atomic E-state index is -0.503. The fourth-order valence-electron chi connectivity index (χ4n) is 1.27. The summed E-state index contributed by atoms with van der Waals surface area (Å²) < 4.78 is 0. The van der Waals surface area contributed by atoms with Crippen molar-refractivity contribution in [3.05, 3.63) is 33.9 Å². The van der Waals surface area contributed by atoms with Gasteiger partial charge in [0.15, 0.2) is 0 Å². The molecule has 0 aliphatic heterocycles. The van der Waals surface area contributed by atoms with Gasteiger partial charge in [-0.25, -0.2) is 0 Å². The second-order valence-electron chi connectivity index (χ2n) is 3.57. The summed E-state index contributed by atoms with van der Waals surface area (Å²) in [6, 6.07) is 4.25. The van der Waals surface area contributed by atoms with Crippen LogP contribution in [0.15, 0.2) is 18.2 Å². The number of nitrogens with two attached hydrogens (primary N) is 1. The monoisotopic (exact) mass is 247 g/mol. The summed E-state index contributed by atoms with van der Waals surface area (Å²) in [5.41, 5.74) is 6.18. The lowest BCUT2D eigenvalue weighted by Crippen LogP contribution is -2.20. The molecule has 0 radical (unpaired) electrons. The summed E-state index contributed by atoms with van der Waals surface area (Å²) in [6.45, 7) is 1.83. The summed E-state index contributed by atoms with van der Waals surface area (Å²) in [6.07, 6.45) is 0.422. The summed E-state index contributed by atoms with van der Waals surface area (Å²) in [7, 11) is 0. The number of rotatable bonds is 3. The van der Waals surface area contributed by atoms with Crippen LogP contribution in [0.1, 0.15) is 18.9 Å². The first kappa shape index (κ1) is 13.5. The Bertz CT molecular complexity index is 529. The third-order valence-corrected chi connectivity index (χ3v) is 2.06. The zero-order valence-electron chi connectivity index (χ0n) is 9.90. The van der Waals surface area contributed by atoms with Gasteiger partial charge in [0.1, 0.15) is 5.56 Å². The molecule has 0 aliphatic rings. The quantitative estimate of drug-likeness (QED) is 0.274. The third-order valence-electron chi connectivity index (χ3n) is 2.06. The number of amides is 1. The zero-order chi connectivity index (χ0) is 13.5. The Balaban J connectivity index is 2.77. The number of anilines is 1. The van der Waals surface area contributed by atoms with Crippen LogP contribution in [0.3, 0.4) is 0 Å². The van der Waals surface area contributed by atoms with Crippen LogP contribution in [0, 0.1) is 22.0 Å². The summed E-state index contributed by atoms with van der Waals surface area (Å²) in [5, 5.41) is 13.3. The molecule has 0 heterocycles. The fraction of sp³-hybridized carbons (Fsp3) is 0.250. The second kappa shape index (κ2) is 6.25. The van der Waals surface area contributed by atoms with Crippen LogP contribution in [0.2, 0.25) is 0 Å². The molecule has 94 valence electrons. The smallest absolute Gasteiger partial charge is 0.285 e. The topological polar surface area (TPSA) is 98.3 Å².